The molecule has 1 amide bonds. The Balaban J connectivity index is 2.17. The molecular formula is C11H18N4O2. The monoisotopic (exact) mass is 238 g/mol. The largest absolute Gasteiger partial charge is 0.481 e. The van der Waals surface area contributed by atoms with Gasteiger partial charge in [0.05, 0.1) is 7.11 Å². The van der Waals surface area contributed by atoms with E-state index in [-0.39, 0.29) is 11.9 Å². The van der Waals surface area contributed by atoms with Crippen LogP contribution in [0.5, 0.6) is 5.88 Å². The SMILES string of the molecule is COc1cc(C(=O)N2CCNCC2C)nn1C. The van der Waals surface area contributed by atoms with Crippen LogP contribution in [0.3, 0.4) is 0 Å². The first-order chi connectivity index (χ1) is 8.13. The highest BCUT2D eigenvalue weighted by molar-refractivity contribution is 5.93. The second-order valence-electron chi connectivity index (χ2n) is 4.25. The first-order valence-electron chi connectivity index (χ1n) is 5.73. The van der Waals surface area contributed by atoms with Crippen LogP contribution in [0.4, 0.5) is 0 Å². The summed E-state index contributed by atoms with van der Waals surface area (Å²) < 4.78 is 6.68. The van der Waals surface area contributed by atoms with Gasteiger partial charge in [0.25, 0.3) is 5.91 Å². The standard InChI is InChI=1S/C11H18N4O2/c1-8-7-12-4-5-15(8)11(16)9-6-10(17-3)14(2)13-9/h6,8,12H,4-5,7H2,1-3H3. The number of ether oxygens (including phenoxy) is 1. The molecule has 1 aromatic heterocycles. The Kier molecular flexibility index (Phi) is 3.33. The van der Waals surface area contributed by atoms with Crippen LogP contribution in [0.15, 0.2) is 6.07 Å². The minimum absolute atomic E-state index is 0.0297. The van der Waals surface area contributed by atoms with Crippen molar-refractivity contribution in [3.05, 3.63) is 11.8 Å². The number of amides is 1. The van der Waals surface area contributed by atoms with Gasteiger partial charge in [0.2, 0.25) is 5.88 Å². The second-order valence-corrected chi connectivity index (χ2v) is 4.25. The molecule has 94 valence electrons. The molecule has 6 heteroatoms. The van der Waals surface area contributed by atoms with Crippen LogP contribution >= 0.6 is 0 Å². The van der Waals surface area contributed by atoms with Crippen LogP contribution in [0.25, 0.3) is 0 Å². The Hall–Kier alpha value is -1.56. The molecule has 1 saturated heterocycles. The summed E-state index contributed by atoms with van der Waals surface area (Å²) in [6.45, 7) is 4.42. The lowest BCUT2D eigenvalue weighted by molar-refractivity contribution is 0.0649. The maximum atomic E-state index is 12.3. The van der Waals surface area contributed by atoms with Gasteiger partial charge in [0, 0.05) is 38.8 Å². The van der Waals surface area contributed by atoms with E-state index in [0.717, 1.165) is 19.6 Å². The van der Waals surface area contributed by atoms with Gasteiger partial charge in [0.1, 0.15) is 0 Å². The molecule has 0 aromatic carbocycles. The molecular weight excluding hydrogens is 220 g/mol. The van der Waals surface area contributed by atoms with Gasteiger partial charge in [-0.25, -0.2) is 4.68 Å². The van der Waals surface area contributed by atoms with E-state index in [0.29, 0.717) is 11.6 Å². The normalized spacial score (nSPS) is 20.4. The van der Waals surface area contributed by atoms with Crippen molar-refractivity contribution >= 4 is 5.91 Å². The molecule has 1 aliphatic rings. The molecule has 0 saturated carbocycles. The predicted octanol–water partition coefficient (Wildman–Crippen LogP) is -0.137. The average molecular weight is 238 g/mol. The van der Waals surface area contributed by atoms with Gasteiger partial charge in [0.15, 0.2) is 5.69 Å². The zero-order valence-electron chi connectivity index (χ0n) is 10.4. The molecule has 1 N–H and O–H groups in total. The number of methoxy groups -OCH3 is 1. The highest BCUT2D eigenvalue weighted by Gasteiger charge is 2.26. The minimum atomic E-state index is -0.0297. The minimum Gasteiger partial charge on any atom is -0.481 e. The third-order valence-corrected chi connectivity index (χ3v) is 3.03. The lowest BCUT2D eigenvalue weighted by atomic mass is 10.2. The van der Waals surface area contributed by atoms with Gasteiger partial charge in [-0.15, -0.1) is 0 Å². The Morgan fingerprint density at radius 2 is 2.41 bits per heavy atom. The number of rotatable bonds is 2. The van der Waals surface area contributed by atoms with E-state index in [2.05, 4.69) is 10.4 Å². The van der Waals surface area contributed by atoms with Crippen LogP contribution in [0, 0.1) is 0 Å². The molecule has 1 fully saturated rings. The van der Waals surface area contributed by atoms with Crippen molar-refractivity contribution in [3.63, 3.8) is 0 Å². The Bertz CT molecular complexity index is 416. The van der Waals surface area contributed by atoms with Crippen molar-refractivity contribution in [1.82, 2.24) is 20.0 Å². The van der Waals surface area contributed by atoms with Crippen molar-refractivity contribution < 1.29 is 9.53 Å². The molecule has 1 aromatic rings. The third kappa shape index (κ3) is 2.26. The van der Waals surface area contributed by atoms with E-state index in [1.165, 1.54) is 0 Å². The van der Waals surface area contributed by atoms with Crippen LogP contribution < -0.4 is 10.1 Å². The summed E-state index contributed by atoms with van der Waals surface area (Å²) in [6, 6.07) is 1.88. The summed E-state index contributed by atoms with van der Waals surface area (Å²) in [4.78, 5) is 14.1. The zero-order chi connectivity index (χ0) is 12.4. The number of piperazine rings is 1. The predicted molar refractivity (Wildman–Crippen MR) is 63.1 cm³/mol. The first-order valence-corrected chi connectivity index (χ1v) is 5.73. The smallest absolute Gasteiger partial charge is 0.274 e. The van der Waals surface area contributed by atoms with Gasteiger partial charge in [-0.3, -0.25) is 4.79 Å². The zero-order valence-corrected chi connectivity index (χ0v) is 10.4. The third-order valence-electron chi connectivity index (χ3n) is 3.03. The number of hydrogen-bond donors (Lipinski definition) is 1. The van der Waals surface area contributed by atoms with E-state index in [1.54, 1.807) is 24.9 Å². The van der Waals surface area contributed by atoms with Gasteiger partial charge >= 0.3 is 0 Å². The molecule has 1 unspecified atom stereocenters. The number of aromatic nitrogens is 2. The van der Waals surface area contributed by atoms with E-state index in [4.69, 9.17) is 4.74 Å². The first kappa shape index (κ1) is 11.9. The molecule has 0 aliphatic carbocycles. The van der Waals surface area contributed by atoms with Gasteiger partial charge in [-0.2, -0.15) is 5.10 Å². The molecule has 1 atom stereocenters. The number of nitrogens with one attached hydrogen (secondary N) is 1. The molecule has 0 bridgehead atoms. The lowest BCUT2D eigenvalue weighted by Crippen LogP contribution is -2.52. The second kappa shape index (κ2) is 4.75. The summed E-state index contributed by atoms with van der Waals surface area (Å²) >= 11 is 0. The van der Waals surface area contributed by atoms with Crippen molar-refractivity contribution in [2.24, 2.45) is 7.05 Å². The summed E-state index contributed by atoms with van der Waals surface area (Å²) in [7, 11) is 3.33. The molecule has 2 heterocycles. The molecule has 0 spiro atoms. The van der Waals surface area contributed by atoms with E-state index in [9.17, 15) is 4.79 Å². The van der Waals surface area contributed by atoms with E-state index >= 15 is 0 Å². The number of aryl methyl sites for hydroxylation is 1. The van der Waals surface area contributed by atoms with Crippen LogP contribution in [-0.4, -0.2) is 53.4 Å². The van der Waals surface area contributed by atoms with Gasteiger partial charge < -0.3 is 15.0 Å². The summed E-state index contributed by atoms with van der Waals surface area (Å²) in [5.41, 5.74) is 0.443. The van der Waals surface area contributed by atoms with Gasteiger partial charge in [-0.1, -0.05) is 0 Å². The topological polar surface area (TPSA) is 59.4 Å². The fourth-order valence-corrected chi connectivity index (χ4v) is 2.04. The Labute approximate surface area is 101 Å². The van der Waals surface area contributed by atoms with Crippen molar-refractivity contribution in [2.75, 3.05) is 26.7 Å². The molecule has 0 radical (unpaired) electrons. The maximum Gasteiger partial charge on any atom is 0.274 e. The Morgan fingerprint density at radius 1 is 1.65 bits per heavy atom. The van der Waals surface area contributed by atoms with E-state index < -0.39 is 0 Å². The molecule has 1 aliphatic heterocycles. The molecule has 2 rings (SSSR count). The maximum absolute atomic E-state index is 12.3. The van der Waals surface area contributed by atoms with Crippen LogP contribution in [0.2, 0.25) is 0 Å². The summed E-state index contributed by atoms with van der Waals surface area (Å²) in [6.07, 6.45) is 0. The van der Waals surface area contributed by atoms with Crippen LogP contribution in [-0.2, 0) is 7.05 Å². The fourth-order valence-electron chi connectivity index (χ4n) is 2.04. The summed E-state index contributed by atoms with van der Waals surface area (Å²) in [5.74, 6) is 0.564. The number of hydrogen-bond acceptors (Lipinski definition) is 4. The highest BCUT2D eigenvalue weighted by atomic mass is 16.5. The van der Waals surface area contributed by atoms with Crippen molar-refractivity contribution in [3.8, 4) is 5.88 Å². The lowest BCUT2D eigenvalue weighted by Gasteiger charge is -2.33. The quantitative estimate of drug-likeness (QED) is 0.779. The Morgan fingerprint density at radius 3 is 3.00 bits per heavy atom. The van der Waals surface area contributed by atoms with Crippen LogP contribution in [0.1, 0.15) is 17.4 Å². The fraction of sp³-hybridized carbons (Fsp3) is 0.636. The van der Waals surface area contributed by atoms with Gasteiger partial charge in [-0.05, 0) is 6.92 Å². The average Bonchev–Trinajstić information content (AvgIpc) is 2.70. The molecule has 6 nitrogen and oxygen atoms in total. The number of carbonyl (C=O) groups is 1. The highest BCUT2D eigenvalue weighted by Crippen LogP contribution is 2.15. The van der Waals surface area contributed by atoms with Crippen molar-refractivity contribution in [2.45, 2.75) is 13.0 Å². The molecule has 17 heavy (non-hydrogen) atoms. The number of carbonyl (C=O) groups excluding carboxylic acids is 1. The number of nitrogens with zero attached hydrogens (tertiary/aromatic N) is 3. The van der Waals surface area contributed by atoms with Crippen molar-refractivity contribution in [1.29, 1.82) is 0 Å². The van der Waals surface area contributed by atoms with E-state index in [1.807, 2.05) is 11.8 Å². The summed E-state index contributed by atoms with van der Waals surface area (Å²) in [5, 5.41) is 7.43.